The average Bonchev–Trinajstić information content (AvgIpc) is 2.49. The van der Waals surface area contributed by atoms with Gasteiger partial charge in [0.25, 0.3) is 0 Å². The second kappa shape index (κ2) is 10.2. The van der Waals surface area contributed by atoms with Gasteiger partial charge >= 0.3 is 0 Å². The Labute approximate surface area is 127 Å². The van der Waals surface area contributed by atoms with Gasteiger partial charge in [-0.2, -0.15) is 11.8 Å². The van der Waals surface area contributed by atoms with E-state index in [1.54, 1.807) is 0 Å². The van der Waals surface area contributed by atoms with Crippen LogP contribution < -0.4 is 5.32 Å². The molecule has 0 radical (unpaired) electrons. The highest BCUT2D eigenvalue weighted by Crippen LogP contribution is 2.15. The highest BCUT2D eigenvalue weighted by Gasteiger charge is 2.10. The SMILES string of the molecule is CCSCC(C)NCC(O)COC(C)c1ccccc1. The Morgan fingerprint density at radius 3 is 2.60 bits per heavy atom. The molecule has 0 aromatic heterocycles. The molecule has 1 aromatic carbocycles. The topological polar surface area (TPSA) is 41.5 Å². The molecule has 3 nitrogen and oxygen atoms in total. The minimum absolute atomic E-state index is 0.0129. The number of aliphatic hydroxyl groups is 1. The summed E-state index contributed by atoms with van der Waals surface area (Å²) in [4.78, 5) is 0. The van der Waals surface area contributed by atoms with Gasteiger partial charge in [0, 0.05) is 18.3 Å². The first-order valence-electron chi connectivity index (χ1n) is 7.29. The van der Waals surface area contributed by atoms with Gasteiger partial charge in [0.15, 0.2) is 0 Å². The van der Waals surface area contributed by atoms with Crippen molar-refractivity contribution in [1.29, 1.82) is 0 Å². The van der Waals surface area contributed by atoms with Crippen molar-refractivity contribution in [1.82, 2.24) is 5.32 Å². The molecule has 4 heteroatoms. The minimum atomic E-state index is -0.463. The third-order valence-corrected chi connectivity index (χ3v) is 4.23. The van der Waals surface area contributed by atoms with Crippen LogP contribution in [0.1, 0.15) is 32.4 Å². The number of aliphatic hydroxyl groups excluding tert-OH is 1. The van der Waals surface area contributed by atoms with Crippen molar-refractivity contribution >= 4 is 11.8 Å². The second-order valence-electron chi connectivity index (χ2n) is 5.01. The van der Waals surface area contributed by atoms with Crippen molar-refractivity contribution in [3.63, 3.8) is 0 Å². The third kappa shape index (κ3) is 7.29. The van der Waals surface area contributed by atoms with Gasteiger partial charge in [0.1, 0.15) is 0 Å². The van der Waals surface area contributed by atoms with E-state index in [2.05, 4.69) is 19.2 Å². The predicted octanol–water partition coefficient (Wildman–Crippen LogP) is 2.86. The lowest BCUT2D eigenvalue weighted by Crippen LogP contribution is -2.37. The molecule has 3 unspecified atom stereocenters. The summed E-state index contributed by atoms with van der Waals surface area (Å²) in [7, 11) is 0. The van der Waals surface area contributed by atoms with E-state index in [9.17, 15) is 5.11 Å². The number of nitrogens with one attached hydrogen (secondary N) is 1. The average molecular weight is 297 g/mol. The number of rotatable bonds is 10. The normalized spacial score (nSPS) is 15.8. The Bertz CT molecular complexity index is 348. The molecule has 1 aromatic rings. The minimum Gasteiger partial charge on any atom is -0.389 e. The maximum Gasteiger partial charge on any atom is 0.0898 e. The van der Waals surface area contributed by atoms with Crippen molar-refractivity contribution < 1.29 is 9.84 Å². The molecule has 0 bridgehead atoms. The monoisotopic (exact) mass is 297 g/mol. The molecule has 2 N–H and O–H groups in total. The fourth-order valence-corrected chi connectivity index (χ4v) is 2.53. The zero-order chi connectivity index (χ0) is 14.8. The van der Waals surface area contributed by atoms with E-state index in [0.29, 0.717) is 19.2 Å². The van der Waals surface area contributed by atoms with Crippen LogP contribution in [-0.4, -0.2) is 41.9 Å². The van der Waals surface area contributed by atoms with Crippen LogP contribution in [0.2, 0.25) is 0 Å². The first kappa shape index (κ1) is 17.5. The van der Waals surface area contributed by atoms with E-state index in [0.717, 1.165) is 17.1 Å². The second-order valence-corrected chi connectivity index (χ2v) is 6.33. The molecule has 3 atom stereocenters. The maximum atomic E-state index is 9.92. The Morgan fingerprint density at radius 2 is 1.95 bits per heavy atom. The molecular weight excluding hydrogens is 270 g/mol. The van der Waals surface area contributed by atoms with Crippen LogP contribution in [0.3, 0.4) is 0 Å². The van der Waals surface area contributed by atoms with Gasteiger partial charge in [-0.1, -0.05) is 37.3 Å². The highest BCUT2D eigenvalue weighted by molar-refractivity contribution is 7.99. The fraction of sp³-hybridized carbons (Fsp3) is 0.625. The molecule has 0 amide bonds. The van der Waals surface area contributed by atoms with Gasteiger partial charge in [-0.15, -0.1) is 0 Å². The van der Waals surface area contributed by atoms with Gasteiger partial charge in [-0.25, -0.2) is 0 Å². The predicted molar refractivity (Wildman–Crippen MR) is 87.3 cm³/mol. The van der Waals surface area contributed by atoms with Crippen LogP contribution in [0.4, 0.5) is 0 Å². The maximum absolute atomic E-state index is 9.92. The quantitative estimate of drug-likeness (QED) is 0.697. The van der Waals surface area contributed by atoms with Crippen molar-refractivity contribution in [2.75, 3.05) is 24.7 Å². The summed E-state index contributed by atoms with van der Waals surface area (Å²) in [5.41, 5.74) is 1.14. The van der Waals surface area contributed by atoms with Crippen LogP contribution in [-0.2, 0) is 4.74 Å². The Kier molecular flexibility index (Phi) is 8.94. The van der Waals surface area contributed by atoms with E-state index in [1.165, 1.54) is 0 Å². The van der Waals surface area contributed by atoms with Crippen molar-refractivity contribution in [2.24, 2.45) is 0 Å². The molecule has 0 aliphatic carbocycles. The number of ether oxygens (including phenoxy) is 1. The molecular formula is C16H27NO2S. The molecule has 1 rings (SSSR count). The first-order valence-corrected chi connectivity index (χ1v) is 8.44. The largest absolute Gasteiger partial charge is 0.389 e. The van der Waals surface area contributed by atoms with E-state index in [1.807, 2.05) is 49.0 Å². The molecule has 0 fully saturated rings. The molecule has 0 spiro atoms. The van der Waals surface area contributed by atoms with Crippen LogP contribution in [0.25, 0.3) is 0 Å². The van der Waals surface area contributed by atoms with Gasteiger partial charge in [-0.3, -0.25) is 0 Å². The van der Waals surface area contributed by atoms with Crippen LogP contribution in [0, 0.1) is 0 Å². The van der Waals surface area contributed by atoms with E-state index in [-0.39, 0.29) is 6.10 Å². The summed E-state index contributed by atoms with van der Waals surface area (Å²) < 4.78 is 5.71. The summed E-state index contributed by atoms with van der Waals surface area (Å²) in [6, 6.07) is 10.5. The van der Waals surface area contributed by atoms with E-state index in [4.69, 9.17) is 4.74 Å². The van der Waals surface area contributed by atoms with Crippen molar-refractivity contribution in [3.8, 4) is 0 Å². The molecule has 0 saturated heterocycles. The van der Waals surface area contributed by atoms with E-state index >= 15 is 0 Å². The lowest BCUT2D eigenvalue weighted by atomic mass is 10.1. The Hall–Kier alpha value is -0.550. The molecule has 0 saturated carbocycles. The van der Waals surface area contributed by atoms with Gasteiger partial charge in [-0.05, 0) is 25.2 Å². The summed E-state index contributed by atoms with van der Waals surface area (Å²) in [6.07, 6.45) is -0.450. The van der Waals surface area contributed by atoms with Crippen molar-refractivity contribution in [3.05, 3.63) is 35.9 Å². The third-order valence-electron chi connectivity index (χ3n) is 3.08. The molecule has 0 aliphatic rings. The molecule has 114 valence electrons. The highest BCUT2D eigenvalue weighted by atomic mass is 32.2. The zero-order valence-corrected chi connectivity index (χ0v) is 13.5. The lowest BCUT2D eigenvalue weighted by molar-refractivity contribution is -0.00254. The zero-order valence-electron chi connectivity index (χ0n) is 12.7. The van der Waals surface area contributed by atoms with Crippen LogP contribution >= 0.6 is 11.8 Å². The van der Waals surface area contributed by atoms with Gasteiger partial charge < -0.3 is 15.2 Å². The standard InChI is InChI=1S/C16H27NO2S/c1-4-20-12-13(2)17-10-16(18)11-19-14(3)15-8-6-5-7-9-15/h5-9,13-14,16-18H,4,10-12H2,1-3H3. The molecule has 20 heavy (non-hydrogen) atoms. The summed E-state index contributed by atoms with van der Waals surface area (Å²) in [6.45, 7) is 7.24. The Balaban J connectivity index is 2.18. The van der Waals surface area contributed by atoms with Gasteiger partial charge in [0.05, 0.1) is 18.8 Å². The first-order chi connectivity index (χ1) is 9.63. The van der Waals surface area contributed by atoms with Gasteiger partial charge in [0.2, 0.25) is 0 Å². The molecule has 0 heterocycles. The smallest absolute Gasteiger partial charge is 0.0898 e. The van der Waals surface area contributed by atoms with Crippen LogP contribution in [0.5, 0.6) is 0 Å². The summed E-state index contributed by atoms with van der Waals surface area (Å²) >= 11 is 1.91. The van der Waals surface area contributed by atoms with E-state index < -0.39 is 6.10 Å². The van der Waals surface area contributed by atoms with Crippen molar-refractivity contribution in [2.45, 2.75) is 39.0 Å². The summed E-state index contributed by atoms with van der Waals surface area (Å²) in [5, 5.41) is 13.3. The molecule has 0 aliphatic heterocycles. The Morgan fingerprint density at radius 1 is 1.25 bits per heavy atom. The number of thioether (sulfide) groups is 1. The lowest BCUT2D eigenvalue weighted by Gasteiger charge is -2.19. The van der Waals surface area contributed by atoms with Crippen LogP contribution in [0.15, 0.2) is 30.3 Å². The number of benzene rings is 1. The number of hydrogen-bond acceptors (Lipinski definition) is 4. The summed E-state index contributed by atoms with van der Waals surface area (Å²) in [5.74, 6) is 2.21. The fourth-order valence-electron chi connectivity index (χ4n) is 1.83. The number of hydrogen-bond donors (Lipinski definition) is 2.